The number of carboxylic acid groups (broad SMARTS) is 1. The molecule has 0 bridgehead atoms. The highest BCUT2D eigenvalue weighted by Gasteiger charge is 2.12. The quantitative estimate of drug-likeness (QED) is 0.315. The van der Waals surface area contributed by atoms with Gasteiger partial charge < -0.3 is 10.4 Å². The first-order valence-corrected chi connectivity index (χ1v) is 11.2. The molecule has 0 aromatic heterocycles. The molecular formula is C29H28FNO2. The lowest BCUT2D eigenvalue weighted by atomic mass is 9.93. The molecular weight excluding hydrogens is 413 g/mol. The zero-order chi connectivity index (χ0) is 23.4. The molecule has 0 spiro atoms. The molecule has 0 saturated heterocycles. The standard InChI is InChI=1S/C29H28FNO2/c1-19-6-5-8-22(14-19)20(2)31-18-21-15-23-7-3-4-9-26(23)27(16-21)24-10-12-28(30)25(17-24)11-13-29(32)33/h3-10,12,14-17,20,31H,11,13,18H2,1-2H3,(H,32,33). The van der Waals surface area contributed by atoms with Crippen LogP contribution >= 0.6 is 0 Å². The molecule has 0 radical (unpaired) electrons. The molecule has 4 heteroatoms. The summed E-state index contributed by atoms with van der Waals surface area (Å²) < 4.78 is 14.3. The first-order chi connectivity index (χ1) is 15.9. The number of benzene rings is 4. The summed E-state index contributed by atoms with van der Waals surface area (Å²) in [4.78, 5) is 11.0. The Labute approximate surface area is 193 Å². The molecule has 2 N–H and O–H groups in total. The van der Waals surface area contributed by atoms with Gasteiger partial charge in [0, 0.05) is 19.0 Å². The van der Waals surface area contributed by atoms with Gasteiger partial charge in [-0.3, -0.25) is 4.79 Å². The fourth-order valence-electron chi connectivity index (χ4n) is 4.22. The SMILES string of the molecule is Cc1cccc(C(C)NCc2cc(-c3ccc(F)c(CCC(=O)O)c3)c3ccccc3c2)c1. The Balaban J connectivity index is 1.66. The fourth-order valence-corrected chi connectivity index (χ4v) is 4.22. The topological polar surface area (TPSA) is 49.3 Å². The second-order valence-corrected chi connectivity index (χ2v) is 8.58. The molecule has 0 aliphatic carbocycles. The second kappa shape index (κ2) is 9.97. The number of carbonyl (C=O) groups is 1. The van der Waals surface area contributed by atoms with Crippen LogP contribution in [0.4, 0.5) is 4.39 Å². The maximum atomic E-state index is 14.3. The third kappa shape index (κ3) is 5.47. The molecule has 0 amide bonds. The fraction of sp³-hybridized carbons (Fsp3) is 0.207. The van der Waals surface area contributed by atoms with E-state index in [9.17, 15) is 9.18 Å². The van der Waals surface area contributed by atoms with E-state index in [-0.39, 0.29) is 24.7 Å². The van der Waals surface area contributed by atoms with Crippen molar-refractivity contribution in [3.63, 3.8) is 0 Å². The number of hydrogen-bond donors (Lipinski definition) is 2. The van der Waals surface area contributed by atoms with Crippen molar-refractivity contribution in [1.82, 2.24) is 5.32 Å². The molecule has 33 heavy (non-hydrogen) atoms. The van der Waals surface area contributed by atoms with E-state index in [1.807, 2.05) is 12.1 Å². The molecule has 168 valence electrons. The lowest BCUT2D eigenvalue weighted by Crippen LogP contribution is -2.18. The Morgan fingerprint density at radius 1 is 1.00 bits per heavy atom. The average Bonchev–Trinajstić information content (AvgIpc) is 2.81. The smallest absolute Gasteiger partial charge is 0.303 e. The van der Waals surface area contributed by atoms with Crippen LogP contribution in [0.2, 0.25) is 0 Å². The van der Waals surface area contributed by atoms with Crippen LogP contribution in [0, 0.1) is 12.7 Å². The van der Waals surface area contributed by atoms with E-state index < -0.39 is 5.97 Å². The Morgan fingerprint density at radius 3 is 2.61 bits per heavy atom. The molecule has 1 atom stereocenters. The lowest BCUT2D eigenvalue weighted by molar-refractivity contribution is -0.136. The van der Waals surface area contributed by atoms with E-state index >= 15 is 0 Å². The van der Waals surface area contributed by atoms with Crippen molar-refractivity contribution < 1.29 is 14.3 Å². The van der Waals surface area contributed by atoms with Crippen LogP contribution in [0.25, 0.3) is 21.9 Å². The van der Waals surface area contributed by atoms with Gasteiger partial charge in [-0.25, -0.2) is 4.39 Å². The Kier molecular flexibility index (Phi) is 6.85. The first kappa shape index (κ1) is 22.7. The third-order valence-electron chi connectivity index (χ3n) is 6.04. The van der Waals surface area contributed by atoms with Gasteiger partial charge in [0.1, 0.15) is 5.82 Å². The van der Waals surface area contributed by atoms with Gasteiger partial charge in [0.2, 0.25) is 0 Å². The summed E-state index contributed by atoms with van der Waals surface area (Å²) in [6.45, 7) is 4.95. The van der Waals surface area contributed by atoms with Crippen molar-refractivity contribution in [3.05, 3.63) is 107 Å². The number of fused-ring (bicyclic) bond motifs is 1. The Morgan fingerprint density at radius 2 is 1.82 bits per heavy atom. The average molecular weight is 442 g/mol. The van der Waals surface area contributed by atoms with Gasteiger partial charge in [-0.1, -0.05) is 60.2 Å². The van der Waals surface area contributed by atoms with E-state index in [2.05, 4.69) is 67.7 Å². The number of aryl methyl sites for hydroxylation is 2. The van der Waals surface area contributed by atoms with E-state index in [0.717, 1.165) is 27.5 Å². The van der Waals surface area contributed by atoms with Crippen molar-refractivity contribution in [2.75, 3.05) is 0 Å². The third-order valence-corrected chi connectivity index (χ3v) is 6.04. The van der Waals surface area contributed by atoms with Crippen LogP contribution in [-0.4, -0.2) is 11.1 Å². The minimum absolute atomic E-state index is 0.0953. The molecule has 1 unspecified atom stereocenters. The van der Waals surface area contributed by atoms with Gasteiger partial charge in [-0.2, -0.15) is 0 Å². The minimum Gasteiger partial charge on any atom is -0.481 e. The first-order valence-electron chi connectivity index (χ1n) is 11.2. The zero-order valence-electron chi connectivity index (χ0n) is 18.9. The number of carboxylic acids is 1. The summed E-state index contributed by atoms with van der Waals surface area (Å²) in [5.41, 5.74) is 5.96. The molecule has 3 nitrogen and oxygen atoms in total. The van der Waals surface area contributed by atoms with Crippen LogP contribution in [-0.2, 0) is 17.8 Å². The van der Waals surface area contributed by atoms with Crippen molar-refractivity contribution in [2.45, 2.75) is 39.3 Å². The van der Waals surface area contributed by atoms with E-state index in [1.54, 1.807) is 12.1 Å². The number of halogens is 1. The number of aliphatic carboxylic acids is 1. The predicted molar refractivity (Wildman–Crippen MR) is 132 cm³/mol. The lowest BCUT2D eigenvalue weighted by Gasteiger charge is -2.17. The summed E-state index contributed by atoms with van der Waals surface area (Å²) >= 11 is 0. The van der Waals surface area contributed by atoms with E-state index in [4.69, 9.17) is 5.11 Å². The van der Waals surface area contributed by atoms with Crippen molar-refractivity contribution in [1.29, 1.82) is 0 Å². The largest absolute Gasteiger partial charge is 0.481 e. The van der Waals surface area contributed by atoms with Crippen LogP contribution in [0.3, 0.4) is 0 Å². The molecule has 0 fully saturated rings. The molecule has 4 aromatic carbocycles. The second-order valence-electron chi connectivity index (χ2n) is 8.58. The summed E-state index contributed by atoms with van der Waals surface area (Å²) in [6.07, 6.45) is 0.0735. The molecule has 0 heterocycles. The minimum atomic E-state index is -0.930. The monoisotopic (exact) mass is 441 g/mol. The highest BCUT2D eigenvalue weighted by Crippen LogP contribution is 2.32. The van der Waals surface area contributed by atoms with Gasteiger partial charge in [-0.05, 0) is 83.1 Å². The van der Waals surface area contributed by atoms with Crippen LogP contribution in [0.1, 0.15) is 41.6 Å². The van der Waals surface area contributed by atoms with E-state index in [1.165, 1.54) is 17.2 Å². The van der Waals surface area contributed by atoms with Crippen LogP contribution in [0.15, 0.2) is 78.9 Å². The van der Waals surface area contributed by atoms with Gasteiger partial charge >= 0.3 is 5.97 Å². The molecule has 0 aliphatic rings. The van der Waals surface area contributed by atoms with Gasteiger partial charge in [-0.15, -0.1) is 0 Å². The zero-order valence-corrected chi connectivity index (χ0v) is 18.9. The molecule has 0 aliphatic heterocycles. The van der Waals surface area contributed by atoms with Gasteiger partial charge in [0.15, 0.2) is 0 Å². The molecule has 0 saturated carbocycles. The van der Waals surface area contributed by atoms with Crippen molar-refractivity contribution in [2.24, 2.45) is 0 Å². The summed E-state index contributed by atoms with van der Waals surface area (Å²) in [6, 6.07) is 26.2. The predicted octanol–water partition coefficient (Wildman–Crippen LogP) is 6.82. The summed E-state index contributed by atoms with van der Waals surface area (Å²) in [5, 5.41) is 14.8. The molecule has 4 aromatic rings. The van der Waals surface area contributed by atoms with Crippen LogP contribution < -0.4 is 5.32 Å². The normalized spacial score (nSPS) is 12.1. The summed E-state index contributed by atoms with van der Waals surface area (Å²) in [7, 11) is 0. The number of hydrogen-bond acceptors (Lipinski definition) is 2. The maximum absolute atomic E-state index is 14.3. The van der Waals surface area contributed by atoms with Gasteiger partial charge in [0.25, 0.3) is 0 Å². The maximum Gasteiger partial charge on any atom is 0.303 e. The van der Waals surface area contributed by atoms with E-state index in [0.29, 0.717) is 12.1 Å². The number of rotatable bonds is 8. The summed E-state index contributed by atoms with van der Waals surface area (Å²) in [5.74, 6) is -1.30. The highest BCUT2D eigenvalue weighted by molar-refractivity contribution is 5.97. The highest BCUT2D eigenvalue weighted by atomic mass is 19.1. The van der Waals surface area contributed by atoms with Crippen LogP contribution in [0.5, 0.6) is 0 Å². The Bertz CT molecular complexity index is 1300. The van der Waals surface area contributed by atoms with Gasteiger partial charge in [0.05, 0.1) is 0 Å². The number of nitrogens with one attached hydrogen (secondary N) is 1. The van der Waals surface area contributed by atoms with Crippen molar-refractivity contribution in [3.8, 4) is 11.1 Å². The van der Waals surface area contributed by atoms with Crippen molar-refractivity contribution >= 4 is 16.7 Å². The molecule has 4 rings (SSSR count). The Hall–Kier alpha value is -3.50.